The van der Waals surface area contributed by atoms with E-state index in [2.05, 4.69) is 30.4 Å². The second-order valence-electron chi connectivity index (χ2n) is 3.85. The predicted molar refractivity (Wildman–Crippen MR) is 64.3 cm³/mol. The maximum Gasteiger partial charge on any atom is 0.573 e. The summed E-state index contributed by atoms with van der Waals surface area (Å²) >= 11 is 2.75. The zero-order valence-electron chi connectivity index (χ0n) is 10.8. The van der Waals surface area contributed by atoms with E-state index in [1.54, 1.807) is 0 Å². The molecule has 0 atom stereocenters. The zero-order valence-corrected chi connectivity index (χ0v) is 12.4. The van der Waals surface area contributed by atoms with E-state index >= 15 is 0 Å². The molecule has 0 radical (unpaired) electrons. The van der Waals surface area contributed by atoms with E-state index in [0.717, 1.165) is 7.11 Å². The van der Waals surface area contributed by atoms with Crippen molar-refractivity contribution in [3.05, 3.63) is 23.0 Å². The number of pyridine rings is 1. The first-order chi connectivity index (χ1) is 9.99. The molecule has 11 heteroatoms. The van der Waals surface area contributed by atoms with Crippen molar-refractivity contribution >= 4 is 21.9 Å². The van der Waals surface area contributed by atoms with Crippen LogP contribution in [0.1, 0.15) is 16.8 Å². The molecule has 0 aliphatic carbocycles. The SMILES string of the molecule is COC(=O)Cc1ncc(OC(F)(F)F)c(C(F)(F)F)c1CBr. The van der Waals surface area contributed by atoms with Gasteiger partial charge in [0.25, 0.3) is 0 Å². The van der Waals surface area contributed by atoms with Gasteiger partial charge in [0.1, 0.15) is 5.56 Å². The van der Waals surface area contributed by atoms with Crippen molar-refractivity contribution in [1.29, 1.82) is 0 Å². The number of esters is 1. The maximum atomic E-state index is 13.1. The molecule has 1 heterocycles. The first-order valence-corrected chi connectivity index (χ1v) is 6.58. The van der Waals surface area contributed by atoms with Crippen LogP contribution in [-0.2, 0) is 27.5 Å². The molecule has 0 aliphatic rings. The largest absolute Gasteiger partial charge is 0.573 e. The summed E-state index contributed by atoms with van der Waals surface area (Å²) < 4.78 is 83.5. The van der Waals surface area contributed by atoms with E-state index in [0.29, 0.717) is 0 Å². The molecule has 0 N–H and O–H groups in total. The third-order valence-electron chi connectivity index (χ3n) is 2.42. The number of carbonyl (C=O) groups excluding carboxylic acids is 1. The van der Waals surface area contributed by atoms with Crippen LogP contribution in [0, 0.1) is 0 Å². The Labute approximate surface area is 128 Å². The standard InChI is InChI=1S/C11H8BrF6NO3/c1-21-8(20)2-6-5(3-12)9(10(13,14)15)7(4-19-6)22-11(16,17)18/h4H,2-3H2,1H3. The van der Waals surface area contributed by atoms with Crippen LogP contribution in [0.15, 0.2) is 6.20 Å². The minimum absolute atomic E-state index is 0.279. The van der Waals surface area contributed by atoms with Gasteiger partial charge in [-0.2, -0.15) is 13.2 Å². The number of nitrogens with zero attached hydrogens (tertiary/aromatic N) is 1. The molecule has 0 aromatic carbocycles. The Kier molecular flexibility index (Phi) is 5.65. The van der Waals surface area contributed by atoms with Crippen LogP contribution in [0.25, 0.3) is 0 Å². The first-order valence-electron chi connectivity index (χ1n) is 5.46. The molecule has 124 valence electrons. The quantitative estimate of drug-likeness (QED) is 0.444. The van der Waals surface area contributed by atoms with Gasteiger partial charge in [0.15, 0.2) is 5.75 Å². The summed E-state index contributed by atoms with van der Waals surface area (Å²) in [5.74, 6) is -2.37. The Morgan fingerprint density at radius 1 is 1.27 bits per heavy atom. The predicted octanol–water partition coefficient (Wildman–Crippen LogP) is 3.61. The number of carbonyl (C=O) groups is 1. The maximum absolute atomic E-state index is 13.1. The molecule has 0 saturated carbocycles. The van der Waals surface area contributed by atoms with E-state index in [-0.39, 0.29) is 11.9 Å². The molecule has 0 fully saturated rings. The van der Waals surface area contributed by atoms with Crippen molar-refractivity contribution in [1.82, 2.24) is 4.98 Å². The Morgan fingerprint density at radius 3 is 2.27 bits per heavy atom. The summed E-state index contributed by atoms with van der Waals surface area (Å²) in [6.45, 7) is 0. The third-order valence-corrected chi connectivity index (χ3v) is 2.98. The normalized spacial score (nSPS) is 12.2. The minimum Gasteiger partial charge on any atom is -0.469 e. The lowest BCUT2D eigenvalue weighted by Crippen LogP contribution is -2.22. The third kappa shape index (κ3) is 4.75. The van der Waals surface area contributed by atoms with Gasteiger partial charge >= 0.3 is 18.5 Å². The van der Waals surface area contributed by atoms with Gasteiger partial charge in [0, 0.05) is 10.9 Å². The van der Waals surface area contributed by atoms with Crippen molar-refractivity contribution in [2.45, 2.75) is 24.3 Å². The lowest BCUT2D eigenvalue weighted by atomic mass is 10.0. The number of hydrogen-bond acceptors (Lipinski definition) is 4. The summed E-state index contributed by atoms with van der Waals surface area (Å²) in [7, 11) is 1.02. The molecule has 0 aliphatic heterocycles. The molecule has 4 nitrogen and oxygen atoms in total. The van der Waals surface area contributed by atoms with Gasteiger partial charge in [0.05, 0.1) is 25.4 Å². The Balaban J connectivity index is 3.47. The fourth-order valence-electron chi connectivity index (χ4n) is 1.59. The first kappa shape index (κ1) is 18.5. The lowest BCUT2D eigenvalue weighted by molar-refractivity contribution is -0.276. The average Bonchev–Trinajstić information content (AvgIpc) is 2.36. The number of alkyl halides is 7. The van der Waals surface area contributed by atoms with Gasteiger partial charge in [-0.1, -0.05) is 15.9 Å². The van der Waals surface area contributed by atoms with Crippen molar-refractivity contribution in [2.75, 3.05) is 7.11 Å². The van der Waals surface area contributed by atoms with E-state index in [9.17, 15) is 31.1 Å². The topological polar surface area (TPSA) is 48.4 Å². The van der Waals surface area contributed by atoms with Gasteiger partial charge < -0.3 is 9.47 Å². The molecule has 0 spiro atoms. The summed E-state index contributed by atoms with van der Waals surface area (Å²) in [5, 5.41) is -0.476. The van der Waals surface area contributed by atoms with E-state index in [4.69, 9.17) is 0 Å². The van der Waals surface area contributed by atoms with Crippen LogP contribution >= 0.6 is 15.9 Å². The highest BCUT2D eigenvalue weighted by molar-refractivity contribution is 9.08. The molecular formula is C11H8BrF6NO3. The van der Waals surface area contributed by atoms with Crippen LogP contribution < -0.4 is 4.74 Å². The summed E-state index contributed by atoms with van der Waals surface area (Å²) in [6.07, 6.45) is -10.8. The average molecular weight is 396 g/mol. The highest BCUT2D eigenvalue weighted by atomic mass is 79.9. The van der Waals surface area contributed by atoms with Gasteiger partial charge in [-0.25, -0.2) is 0 Å². The highest BCUT2D eigenvalue weighted by Crippen LogP contribution is 2.42. The van der Waals surface area contributed by atoms with Gasteiger partial charge in [0.2, 0.25) is 0 Å². The van der Waals surface area contributed by atoms with Crippen molar-refractivity contribution in [3.8, 4) is 5.75 Å². The molecule has 22 heavy (non-hydrogen) atoms. The number of methoxy groups -OCH3 is 1. The summed E-state index contributed by atoms with van der Waals surface area (Å²) in [5.41, 5.74) is -2.62. The zero-order chi connectivity index (χ0) is 17.1. The molecule has 1 aromatic rings. The second-order valence-corrected chi connectivity index (χ2v) is 4.42. The molecular weight excluding hydrogens is 388 g/mol. The fourth-order valence-corrected chi connectivity index (χ4v) is 2.19. The van der Waals surface area contributed by atoms with Crippen LogP contribution in [-0.4, -0.2) is 24.4 Å². The molecule has 0 amide bonds. The van der Waals surface area contributed by atoms with Crippen LogP contribution in [0.5, 0.6) is 5.75 Å². The van der Waals surface area contributed by atoms with Crippen molar-refractivity contribution < 1.29 is 40.6 Å². The Morgan fingerprint density at radius 2 is 1.86 bits per heavy atom. The van der Waals surface area contributed by atoms with Gasteiger partial charge in [-0.15, -0.1) is 13.2 Å². The summed E-state index contributed by atoms with van der Waals surface area (Å²) in [4.78, 5) is 14.6. The van der Waals surface area contributed by atoms with Gasteiger partial charge in [-0.3, -0.25) is 9.78 Å². The van der Waals surface area contributed by atoms with Crippen LogP contribution in [0.3, 0.4) is 0 Å². The van der Waals surface area contributed by atoms with Crippen LogP contribution in [0.2, 0.25) is 0 Å². The van der Waals surface area contributed by atoms with E-state index in [1.165, 1.54) is 0 Å². The fraction of sp³-hybridized carbons (Fsp3) is 0.455. The van der Waals surface area contributed by atoms with Crippen molar-refractivity contribution in [2.24, 2.45) is 0 Å². The highest BCUT2D eigenvalue weighted by Gasteiger charge is 2.42. The smallest absolute Gasteiger partial charge is 0.469 e. The number of ether oxygens (including phenoxy) is 2. The lowest BCUT2D eigenvalue weighted by Gasteiger charge is -2.19. The Bertz CT molecular complexity index is 558. The van der Waals surface area contributed by atoms with Gasteiger partial charge in [-0.05, 0) is 0 Å². The number of halogens is 7. The molecule has 0 saturated heterocycles. The van der Waals surface area contributed by atoms with Crippen molar-refractivity contribution in [3.63, 3.8) is 0 Å². The van der Waals surface area contributed by atoms with Crippen LogP contribution in [0.4, 0.5) is 26.3 Å². The van der Waals surface area contributed by atoms with E-state index in [1.807, 2.05) is 0 Å². The Hall–Kier alpha value is -1.52. The number of rotatable bonds is 4. The molecule has 1 rings (SSSR count). The molecule has 0 bridgehead atoms. The summed E-state index contributed by atoms with van der Waals surface area (Å²) in [6, 6.07) is 0. The monoisotopic (exact) mass is 395 g/mol. The molecule has 0 unspecified atom stereocenters. The minimum atomic E-state index is -5.31. The number of hydrogen-bond donors (Lipinski definition) is 0. The van der Waals surface area contributed by atoms with E-state index < -0.39 is 47.1 Å². The molecule has 1 aromatic heterocycles. The second kappa shape index (κ2) is 6.71. The number of aromatic nitrogens is 1.